The maximum Gasteiger partial charge on any atom is 0.258 e. The summed E-state index contributed by atoms with van der Waals surface area (Å²) >= 11 is 6.35. The monoisotopic (exact) mass is 451 g/mol. The zero-order valence-electron chi connectivity index (χ0n) is 18.3. The summed E-state index contributed by atoms with van der Waals surface area (Å²) in [4.78, 5) is 20.0. The van der Waals surface area contributed by atoms with Gasteiger partial charge in [0.15, 0.2) is 5.65 Å². The van der Waals surface area contributed by atoms with Gasteiger partial charge in [-0.25, -0.2) is 9.50 Å². The maximum atomic E-state index is 13.5. The van der Waals surface area contributed by atoms with Crippen LogP contribution in [0.25, 0.3) is 5.65 Å². The van der Waals surface area contributed by atoms with Gasteiger partial charge < -0.3 is 15.0 Å². The second kappa shape index (κ2) is 7.46. The molecule has 2 saturated heterocycles. The topological polar surface area (TPSA) is 71.8 Å². The Kier molecular flexibility index (Phi) is 4.66. The number of hydrogen-bond acceptors (Lipinski definition) is 5. The molecule has 1 aromatic carbocycles. The lowest BCUT2D eigenvalue weighted by atomic mass is 10.0. The van der Waals surface area contributed by atoms with Gasteiger partial charge in [-0.05, 0) is 51.7 Å². The Bertz CT molecular complexity index is 1230. The Hall–Kier alpha value is -2.64. The molecule has 2 aromatic heterocycles. The fraction of sp³-hybridized carbons (Fsp3) is 0.458. The number of nitrogens with zero attached hydrogens (tertiary/aromatic N) is 4. The third-order valence-electron chi connectivity index (χ3n) is 7.08. The molecule has 2 fully saturated rings. The molecule has 1 amide bonds. The first kappa shape index (κ1) is 20.0. The first-order valence-corrected chi connectivity index (χ1v) is 11.7. The van der Waals surface area contributed by atoms with Gasteiger partial charge in [-0.1, -0.05) is 23.7 Å². The highest BCUT2D eigenvalue weighted by molar-refractivity contribution is 6.31. The number of nitrogens with one attached hydrogen (secondary N) is 1. The Morgan fingerprint density at radius 1 is 1.16 bits per heavy atom. The number of carbonyl (C=O) groups is 1. The molecule has 0 spiro atoms. The van der Waals surface area contributed by atoms with E-state index in [0.717, 1.165) is 41.1 Å². The molecule has 0 saturated carbocycles. The summed E-state index contributed by atoms with van der Waals surface area (Å²) in [5.41, 5.74) is 4.92. The zero-order valence-corrected chi connectivity index (χ0v) is 19.0. The summed E-state index contributed by atoms with van der Waals surface area (Å²) in [7, 11) is 0. The fourth-order valence-corrected chi connectivity index (χ4v) is 5.58. The summed E-state index contributed by atoms with van der Waals surface area (Å²) in [6, 6.07) is 8.70. The van der Waals surface area contributed by atoms with Crippen LogP contribution in [0.4, 0.5) is 0 Å². The van der Waals surface area contributed by atoms with Gasteiger partial charge >= 0.3 is 0 Å². The highest BCUT2D eigenvalue weighted by Crippen LogP contribution is 2.33. The summed E-state index contributed by atoms with van der Waals surface area (Å²) in [5.74, 6) is 0.648. The molecule has 8 heteroatoms. The van der Waals surface area contributed by atoms with Crippen LogP contribution in [0.5, 0.6) is 5.75 Å². The summed E-state index contributed by atoms with van der Waals surface area (Å²) in [5, 5.41) is 8.97. The molecule has 0 aliphatic carbocycles. The second-order valence-corrected chi connectivity index (χ2v) is 9.64. The average Bonchev–Trinajstić information content (AvgIpc) is 3.45. The van der Waals surface area contributed by atoms with Crippen molar-refractivity contribution in [3.63, 3.8) is 0 Å². The minimum Gasteiger partial charge on any atom is -0.489 e. The molecular formula is C24H26ClN5O2. The van der Waals surface area contributed by atoms with E-state index in [1.54, 1.807) is 4.52 Å². The number of carbonyl (C=O) groups excluding carboxylic acids is 1. The van der Waals surface area contributed by atoms with E-state index in [9.17, 15) is 4.79 Å². The number of benzene rings is 1. The molecule has 0 radical (unpaired) electrons. The van der Waals surface area contributed by atoms with E-state index >= 15 is 0 Å². The third-order valence-corrected chi connectivity index (χ3v) is 7.63. The maximum absolute atomic E-state index is 13.5. The molecule has 3 aliphatic heterocycles. The van der Waals surface area contributed by atoms with E-state index in [1.165, 1.54) is 12.8 Å². The number of aryl methyl sites for hydroxylation is 2. The number of halogens is 1. The van der Waals surface area contributed by atoms with Crippen LogP contribution in [-0.2, 0) is 13.1 Å². The first-order valence-electron chi connectivity index (χ1n) is 11.3. The Labute approximate surface area is 191 Å². The van der Waals surface area contributed by atoms with Crippen molar-refractivity contribution in [3.8, 4) is 5.75 Å². The number of ether oxygens (including phenoxy) is 1. The number of piperidine rings is 1. The van der Waals surface area contributed by atoms with Crippen LogP contribution in [0, 0.1) is 13.8 Å². The Morgan fingerprint density at radius 3 is 2.69 bits per heavy atom. The van der Waals surface area contributed by atoms with E-state index in [2.05, 4.69) is 10.3 Å². The predicted octanol–water partition coefficient (Wildman–Crippen LogP) is 3.82. The third kappa shape index (κ3) is 3.18. The van der Waals surface area contributed by atoms with Gasteiger partial charge in [-0.2, -0.15) is 5.10 Å². The van der Waals surface area contributed by atoms with E-state index in [-0.39, 0.29) is 12.0 Å². The van der Waals surface area contributed by atoms with Gasteiger partial charge in [0.1, 0.15) is 11.9 Å². The standard InChI is InChI=1S/C24H26ClN5O2/c1-13-22(25)14(2)30-23(26-13)19-11-29(12-20(19)28-30)24(31)18-5-3-4-6-21(18)32-17-9-15-7-8-16(10-17)27-15/h3-6,15-17,27H,7-12H2,1-2H3/t15-,16+,17-. The second-order valence-electron chi connectivity index (χ2n) is 9.26. The lowest BCUT2D eigenvalue weighted by molar-refractivity contribution is 0.0737. The van der Waals surface area contributed by atoms with Crippen LogP contribution >= 0.6 is 11.6 Å². The number of rotatable bonds is 3. The minimum atomic E-state index is -0.0314. The molecule has 166 valence electrons. The van der Waals surface area contributed by atoms with Crippen LogP contribution in [0.3, 0.4) is 0 Å². The summed E-state index contributed by atoms with van der Waals surface area (Å²) in [6.45, 7) is 4.78. The molecule has 5 heterocycles. The van der Waals surface area contributed by atoms with Gasteiger partial charge in [0.2, 0.25) is 0 Å². The number of para-hydroxylation sites is 1. The highest BCUT2D eigenvalue weighted by atomic mass is 35.5. The van der Waals surface area contributed by atoms with Crippen molar-refractivity contribution in [3.05, 3.63) is 57.5 Å². The fourth-order valence-electron chi connectivity index (χ4n) is 5.45. The van der Waals surface area contributed by atoms with Crippen LogP contribution in [0.2, 0.25) is 5.02 Å². The van der Waals surface area contributed by atoms with Gasteiger partial charge in [-0.3, -0.25) is 4.79 Å². The number of amides is 1. The smallest absolute Gasteiger partial charge is 0.258 e. The molecule has 32 heavy (non-hydrogen) atoms. The molecule has 3 atom stereocenters. The zero-order chi connectivity index (χ0) is 22.0. The minimum absolute atomic E-state index is 0.0314. The predicted molar refractivity (Wildman–Crippen MR) is 121 cm³/mol. The van der Waals surface area contributed by atoms with Crippen molar-refractivity contribution < 1.29 is 9.53 Å². The number of aromatic nitrogens is 3. The van der Waals surface area contributed by atoms with Crippen molar-refractivity contribution in [1.29, 1.82) is 0 Å². The van der Waals surface area contributed by atoms with Crippen molar-refractivity contribution in [2.24, 2.45) is 0 Å². The van der Waals surface area contributed by atoms with Crippen molar-refractivity contribution >= 4 is 23.2 Å². The van der Waals surface area contributed by atoms with E-state index < -0.39 is 0 Å². The highest BCUT2D eigenvalue weighted by Gasteiger charge is 2.36. The lowest BCUT2D eigenvalue weighted by Crippen LogP contribution is -2.42. The largest absolute Gasteiger partial charge is 0.489 e. The van der Waals surface area contributed by atoms with Gasteiger partial charge in [0.05, 0.1) is 40.8 Å². The van der Waals surface area contributed by atoms with Crippen LogP contribution in [0.15, 0.2) is 24.3 Å². The van der Waals surface area contributed by atoms with Crippen LogP contribution in [-0.4, -0.2) is 43.6 Å². The van der Waals surface area contributed by atoms with Crippen molar-refractivity contribution in [2.75, 3.05) is 0 Å². The molecule has 1 N–H and O–H groups in total. The lowest BCUT2D eigenvalue weighted by Gasteiger charge is -2.30. The molecule has 6 rings (SSSR count). The van der Waals surface area contributed by atoms with E-state index in [4.69, 9.17) is 21.4 Å². The summed E-state index contributed by atoms with van der Waals surface area (Å²) in [6.07, 6.45) is 4.59. The van der Waals surface area contributed by atoms with Crippen molar-refractivity contribution in [1.82, 2.24) is 24.8 Å². The molecule has 7 nitrogen and oxygen atoms in total. The molecular weight excluding hydrogens is 426 g/mol. The summed E-state index contributed by atoms with van der Waals surface area (Å²) < 4.78 is 8.18. The van der Waals surface area contributed by atoms with Crippen LogP contribution in [0.1, 0.15) is 58.7 Å². The molecule has 0 unspecified atom stereocenters. The van der Waals surface area contributed by atoms with Crippen molar-refractivity contribution in [2.45, 2.75) is 70.8 Å². The SMILES string of the molecule is Cc1nc2c3c(nn2c(C)c1Cl)CN(C(=O)c1ccccc1O[C@@H]1C[C@H]2CC[C@@H](C1)N2)C3. The average molecular weight is 452 g/mol. The molecule has 2 bridgehead atoms. The molecule has 3 aromatic rings. The normalized spacial score (nSPS) is 24.2. The Morgan fingerprint density at radius 2 is 1.91 bits per heavy atom. The number of hydrogen-bond donors (Lipinski definition) is 1. The van der Waals surface area contributed by atoms with E-state index in [1.807, 2.05) is 43.0 Å². The first-order chi connectivity index (χ1) is 15.5. The van der Waals surface area contributed by atoms with Gasteiger partial charge in [0, 0.05) is 17.6 Å². The quantitative estimate of drug-likeness (QED) is 0.655. The van der Waals surface area contributed by atoms with E-state index in [0.29, 0.717) is 41.5 Å². The van der Waals surface area contributed by atoms with Gasteiger partial charge in [-0.15, -0.1) is 0 Å². The Balaban J connectivity index is 1.25. The van der Waals surface area contributed by atoms with Gasteiger partial charge in [0.25, 0.3) is 5.91 Å². The molecule has 3 aliphatic rings. The van der Waals surface area contributed by atoms with Crippen LogP contribution < -0.4 is 10.1 Å². The number of fused-ring (bicyclic) bond motifs is 5.